The van der Waals surface area contributed by atoms with Crippen molar-refractivity contribution in [2.75, 3.05) is 0 Å². The van der Waals surface area contributed by atoms with Crippen LogP contribution in [0.25, 0.3) is 10.8 Å². The Hall–Kier alpha value is -1.15. The van der Waals surface area contributed by atoms with Crippen molar-refractivity contribution in [3.63, 3.8) is 0 Å². The average molecular weight is 315 g/mol. The minimum Gasteiger partial charge on any atom is -0.184 e. The Morgan fingerprint density at radius 3 is 2.00 bits per heavy atom. The van der Waals surface area contributed by atoms with Crippen LogP contribution in [0.3, 0.4) is 0 Å². The van der Waals surface area contributed by atoms with Crippen LogP contribution in [0.2, 0.25) is 19.6 Å². The van der Waals surface area contributed by atoms with Crippen LogP contribution in [0.5, 0.6) is 0 Å². The summed E-state index contributed by atoms with van der Waals surface area (Å²) in [5.41, 5.74) is 0. The van der Waals surface area contributed by atoms with Gasteiger partial charge in [-0.15, -0.1) is 34.8 Å². The van der Waals surface area contributed by atoms with Crippen molar-refractivity contribution >= 4 is 24.0 Å². The first kappa shape index (κ1) is 16.9. The Bertz CT molecular complexity index is 561. The number of hydrogen-bond donors (Lipinski definition) is 0. The molecule has 0 bridgehead atoms. The van der Waals surface area contributed by atoms with Crippen molar-refractivity contribution in [1.82, 2.24) is 0 Å². The first-order valence-electron chi connectivity index (χ1n) is 6.64. The van der Waals surface area contributed by atoms with Gasteiger partial charge >= 0.3 is 18.6 Å². The van der Waals surface area contributed by atoms with E-state index in [-0.39, 0.29) is 18.6 Å². The Labute approximate surface area is 135 Å². The summed E-state index contributed by atoms with van der Waals surface area (Å²) in [5, 5.41) is 4.34. The van der Waals surface area contributed by atoms with Crippen LogP contribution in [0.1, 0.15) is 0 Å². The molecule has 0 unspecified atom stereocenters. The zero-order valence-corrected chi connectivity index (χ0v) is 14.7. The minimum absolute atomic E-state index is 0. The molecule has 0 saturated carbocycles. The number of fused-ring (bicyclic) bond motifs is 1. The largest absolute Gasteiger partial charge is 2.00 e. The maximum absolute atomic E-state index is 2.89. The van der Waals surface area contributed by atoms with Crippen molar-refractivity contribution in [2.45, 2.75) is 19.6 Å². The SMILES string of the molecule is C[Si](C)(C)c1cc2ccccc2[cH-]1.[V+2].[c-]1ccccc1. The van der Waals surface area contributed by atoms with Gasteiger partial charge in [-0.1, -0.05) is 25.7 Å². The zero-order valence-electron chi connectivity index (χ0n) is 12.3. The van der Waals surface area contributed by atoms with Gasteiger partial charge in [0, 0.05) is 0 Å². The second kappa shape index (κ2) is 7.59. The van der Waals surface area contributed by atoms with Crippen molar-refractivity contribution in [1.29, 1.82) is 0 Å². The second-order valence-electron chi connectivity index (χ2n) is 5.70. The molecular formula is C18H20SiV. The van der Waals surface area contributed by atoms with Crippen LogP contribution in [0.15, 0.2) is 66.7 Å². The molecule has 0 heterocycles. The van der Waals surface area contributed by atoms with E-state index in [1.165, 1.54) is 10.8 Å². The molecule has 0 nitrogen and oxygen atoms in total. The third-order valence-electron chi connectivity index (χ3n) is 3.09. The summed E-state index contributed by atoms with van der Waals surface area (Å²) in [7, 11) is -1.12. The Morgan fingerprint density at radius 2 is 1.55 bits per heavy atom. The molecule has 0 aliphatic carbocycles. The topological polar surface area (TPSA) is 0 Å². The van der Waals surface area contributed by atoms with Crippen LogP contribution in [-0.2, 0) is 18.6 Å². The third kappa shape index (κ3) is 4.75. The van der Waals surface area contributed by atoms with Crippen LogP contribution in [0.4, 0.5) is 0 Å². The number of hydrogen-bond acceptors (Lipinski definition) is 0. The maximum atomic E-state index is 2.89. The third-order valence-corrected chi connectivity index (χ3v) is 5.11. The molecule has 0 saturated heterocycles. The van der Waals surface area contributed by atoms with E-state index in [1.807, 2.05) is 30.3 Å². The van der Waals surface area contributed by atoms with Gasteiger partial charge in [0.2, 0.25) is 0 Å². The predicted molar refractivity (Wildman–Crippen MR) is 87.8 cm³/mol. The van der Waals surface area contributed by atoms with E-state index in [4.69, 9.17) is 0 Å². The zero-order chi connectivity index (χ0) is 13.7. The van der Waals surface area contributed by atoms with E-state index in [0.29, 0.717) is 0 Å². The molecule has 0 aromatic heterocycles. The predicted octanol–water partition coefficient (Wildman–Crippen LogP) is 4.59. The van der Waals surface area contributed by atoms with Crippen LogP contribution in [0, 0.1) is 6.07 Å². The molecule has 0 N–H and O–H groups in total. The fraction of sp³-hybridized carbons (Fsp3) is 0.167. The van der Waals surface area contributed by atoms with Gasteiger partial charge in [0.15, 0.2) is 0 Å². The van der Waals surface area contributed by atoms with Gasteiger partial charge in [0.05, 0.1) is 8.07 Å². The monoisotopic (exact) mass is 315 g/mol. The molecule has 3 aromatic carbocycles. The molecule has 20 heavy (non-hydrogen) atoms. The average Bonchev–Trinajstić information content (AvgIpc) is 2.85. The van der Waals surface area contributed by atoms with E-state index >= 15 is 0 Å². The molecule has 1 radical (unpaired) electrons. The normalized spacial score (nSPS) is 10.3. The standard InChI is InChI=1S/C12H15Si.C6H5.V/c1-13(2,3)12-8-10-6-4-5-7-11(10)9-12;1-2-4-6-5-3-1;/h4-9H,1-3H3;1-5H;/q2*-1;+2. The molecule has 0 amide bonds. The van der Waals surface area contributed by atoms with Crippen LogP contribution >= 0.6 is 0 Å². The fourth-order valence-electron chi connectivity index (χ4n) is 1.93. The number of rotatable bonds is 1. The summed E-state index contributed by atoms with van der Waals surface area (Å²) >= 11 is 0. The van der Waals surface area contributed by atoms with Gasteiger partial charge < -0.3 is 0 Å². The van der Waals surface area contributed by atoms with E-state index in [2.05, 4.69) is 62.1 Å². The Balaban J connectivity index is 0.000000243. The minimum atomic E-state index is -1.12. The summed E-state index contributed by atoms with van der Waals surface area (Å²) in [6.07, 6.45) is 0. The molecule has 0 aliphatic heterocycles. The van der Waals surface area contributed by atoms with E-state index in [1.54, 1.807) is 5.19 Å². The summed E-state index contributed by atoms with van der Waals surface area (Å²) in [6.45, 7) is 7.17. The molecule has 3 rings (SSSR count). The summed E-state index contributed by atoms with van der Waals surface area (Å²) < 4.78 is 0. The van der Waals surface area contributed by atoms with E-state index in [0.717, 1.165) is 0 Å². The molecule has 101 valence electrons. The van der Waals surface area contributed by atoms with Crippen molar-refractivity contribution in [2.24, 2.45) is 0 Å². The molecule has 3 aromatic rings. The summed E-state index contributed by atoms with van der Waals surface area (Å²) in [4.78, 5) is 0. The van der Waals surface area contributed by atoms with Gasteiger partial charge in [0.25, 0.3) is 0 Å². The van der Waals surface area contributed by atoms with E-state index in [9.17, 15) is 0 Å². The quantitative estimate of drug-likeness (QED) is 0.455. The first-order valence-corrected chi connectivity index (χ1v) is 10.1. The van der Waals surface area contributed by atoms with Crippen LogP contribution < -0.4 is 5.19 Å². The van der Waals surface area contributed by atoms with Crippen LogP contribution in [-0.4, -0.2) is 8.07 Å². The number of benzene rings is 2. The summed E-state index contributed by atoms with van der Waals surface area (Å²) in [6, 6.07) is 25.8. The smallest absolute Gasteiger partial charge is 0.184 e. The summed E-state index contributed by atoms with van der Waals surface area (Å²) in [5.74, 6) is 0. The van der Waals surface area contributed by atoms with Gasteiger partial charge in [-0.25, -0.2) is 0 Å². The van der Waals surface area contributed by atoms with E-state index < -0.39 is 8.07 Å². The molecule has 0 fully saturated rings. The molecular weight excluding hydrogens is 295 g/mol. The van der Waals surface area contributed by atoms with Gasteiger partial charge in [-0.3, -0.25) is 0 Å². The second-order valence-corrected chi connectivity index (χ2v) is 10.8. The maximum Gasteiger partial charge on any atom is 2.00 e. The van der Waals surface area contributed by atoms with Crippen molar-refractivity contribution in [3.8, 4) is 0 Å². The van der Waals surface area contributed by atoms with Gasteiger partial charge in [-0.05, 0) is 0 Å². The fourth-order valence-corrected chi connectivity index (χ4v) is 3.10. The first-order chi connectivity index (χ1) is 9.07. The Morgan fingerprint density at radius 1 is 0.900 bits per heavy atom. The molecule has 2 heteroatoms. The van der Waals surface area contributed by atoms with Gasteiger partial charge in [-0.2, -0.15) is 47.9 Å². The molecule has 0 atom stereocenters. The van der Waals surface area contributed by atoms with Gasteiger partial charge in [0.1, 0.15) is 0 Å². The van der Waals surface area contributed by atoms with Crippen molar-refractivity contribution < 1.29 is 18.6 Å². The Kier molecular flexibility index (Phi) is 6.41. The molecule has 0 aliphatic rings. The van der Waals surface area contributed by atoms with Crippen molar-refractivity contribution in [3.05, 3.63) is 72.8 Å². The molecule has 0 spiro atoms.